The van der Waals surface area contributed by atoms with Gasteiger partial charge in [0.2, 0.25) is 5.43 Å². The smallest absolute Gasteiger partial charge is 0.224 e. The van der Waals surface area contributed by atoms with E-state index in [-0.39, 0.29) is 5.43 Å². The van der Waals surface area contributed by atoms with E-state index in [4.69, 9.17) is 9.15 Å². The number of ether oxygens (including phenoxy) is 1. The third-order valence-corrected chi connectivity index (χ3v) is 4.91. The summed E-state index contributed by atoms with van der Waals surface area (Å²) in [4.78, 5) is 17.9. The van der Waals surface area contributed by atoms with Crippen molar-refractivity contribution in [3.05, 3.63) is 64.8 Å². The lowest BCUT2D eigenvalue weighted by Gasteiger charge is -2.10. The Morgan fingerprint density at radius 3 is 2.54 bits per heavy atom. The SMILES string of the molecule is CCOc1cc2nc3ccc(-c4ccc(SC)cc4)cc3oc-2cc1=O. The molecule has 2 aromatic rings. The molecule has 1 aliphatic heterocycles. The van der Waals surface area contributed by atoms with Crippen molar-refractivity contribution in [1.29, 1.82) is 0 Å². The molecule has 0 atom stereocenters. The third-order valence-electron chi connectivity index (χ3n) is 4.17. The van der Waals surface area contributed by atoms with E-state index in [0.717, 1.165) is 16.6 Å². The van der Waals surface area contributed by atoms with E-state index in [2.05, 4.69) is 35.5 Å². The van der Waals surface area contributed by atoms with Crippen molar-refractivity contribution in [2.45, 2.75) is 11.8 Å². The van der Waals surface area contributed by atoms with Crippen molar-refractivity contribution in [3.8, 4) is 28.3 Å². The zero-order valence-corrected chi connectivity index (χ0v) is 15.3. The molecule has 0 saturated carbocycles. The van der Waals surface area contributed by atoms with Crippen molar-refractivity contribution >= 4 is 22.9 Å². The molecule has 4 rings (SSSR count). The first-order valence-corrected chi connectivity index (χ1v) is 9.56. The van der Waals surface area contributed by atoms with Gasteiger partial charge >= 0.3 is 0 Å². The Bertz CT molecular complexity index is 1100. The predicted octanol–water partition coefficient (Wildman–Crippen LogP) is 5.08. The Morgan fingerprint density at radius 1 is 1.04 bits per heavy atom. The largest absolute Gasteiger partial charge is 0.490 e. The molecule has 0 radical (unpaired) electrons. The molecule has 0 saturated heterocycles. The standard InChI is InChI=1S/C21H17NO3S/c1-3-24-21-11-17-20(12-18(21)23)25-19-10-14(6-9-16(19)22-17)13-4-7-15(26-2)8-5-13/h4-12H,3H2,1-2H3. The lowest BCUT2D eigenvalue weighted by atomic mass is 10.1. The van der Waals surface area contributed by atoms with Gasteiger partial charge in [0.1, 0.15) is 11.2 Å². The van der Waals surface area contributed by atoms with Crippen LogP contribution in [0, 0.1) is 0 Å². The predicted molar refractivity (Wildman–Crippen MR) is 105 cm³/mol. The minimum atomic E-state index is -0.201. The molecule has 2 aliphatic rings. The van der Waals surface area contributed by atoms with E-state index in [1.54, 1.807) is 17.8 Å². The molecule has 5 heteroatoms. The quantitative estimate of drug-likeness (QED) is 0.374. The molecular weight excluding hydrogens is 346 g/mol. The number of rotatable bonds is 4. The molecule has 1 aliphatic carbocycles. The summed E-state index contributed by atoms with van der Waals surface area (Å²) >= 11 is 1.71. The second kappa shape index (κ2) is 6.84. The molecular formula is C21H17NO3S. The van der Waals surface area contributed by atoms with E-state index >= 15 is 0 Å². The topological polar surface area (TPSA) is 52.3 Å². The minimum Gasteiger partial charge on any atom is -0.490 e. The summed E-state index contributed by atoms with van der Waals surface area (Å²) in [5.41, 5.74) is 3.95. The molecule has 0 amide bonds. The first kappa shape index (κ1) is 16.7. The summed E-state index contributed by atoms with van der Waals surface area (Å²) < 4.78 is 11.3. The van der Waals surface area contributed by atoms with Crippen LogP contribution >= 0.6 is 11.8 Å². The van der Waals surface area contributed by atoms with Crippen LogP contribution in [0.15, 0.2) is 68.7 Å². The van der Waals surface area contributed by atoms with Crippen LogP contribution < -0.4 is 10.2 Å². The van der Waals surface area contributed by atoms with Gasteiger partial charge in [-0.3, -0.25) is 4.79 Å². The number of nitrogens with zero attached hydrogens (tertiary/aromatic N) is 1. The van der Waals surface area contributed by atoms with Crippen molar-refractivity contribution in [2.75, 3.05) is 12.9 Å². The first-order chi connectivity index (χ1) is 12.7. The van der Waals surface area contributed by atoms with Gasteiger partial charge in [-0.05, 0) is 48.6 Å². The Labute approximate surface area is 155 Å². The average molecular weight is 363 g/mol. The summed E-state index contributed by atoms with van der Waals surface area (Å²) in [7, 11) is 0. The third kappa shape index (κ3) is 3.06. The summed E-state index contributed by atoms with van der Waals surface area (Å²) in [6.45, 7) is 2.28. The van der Waals surface area contributed by atoms with Gasteiger partial charge in [0, 0.05) is 17.0 Å². The highest BCUT2D eigenvalue weighted by Crippen LogP contribution is 2.30. The molecule has 2 aromatic carbocycles. The van der Waals surface area contributed by atoms with Crippen LogP contribution in [-0.2, 0) is 0 Å². The van der Waals surface area contributed by atoms with Gasteiger partial charge < -0.3 is 9.15 Å². The minimum absolute atomic E-state index is 0.201. The number of hydrogen-bond donors (Lipinski definition) is 0. The fraction of sp³-hybridized carbons (Fsp3) is 0.143. The molecule has 1 heterocycles. The zero-order valence-electron chi connectivity index (χ0n) is 14.5. The van der Waals surface area contributed by atoms with Crippen LogP contribution in [-0.4, -0.2) is 17.8 Å². The van der Waals surface area contributed by atoms with Crippen molar-refractivity contribution in [3.63, 3.8) is 0 Å². The van der Waals surface area contributed by atoms with Crippen LogP contribution in [0.5, 0.6) is 5.75 Å². The van der Waals surface area contributed by atoms with E-state index in [0.29, 0.717) is 29.4 Å². The Balaban J connectivity index is 1.83. The van der Waals surface area contributed by atoms with Crippen LogP contribution in [0.4, 0.5) is 0 Å². The second-order valence-electron chi connectivity index (χ2n) is 5.82. The maximum absolute atomic E-state index is 12.1. The van der Waals surface area contributed by atoms with E-state index < -0.39 is 0 Å². The molecule has 0 aromatic heterocycles. The maximum Gasteiger partial charge on any atom is 0.224 e. The van der Waals surface area contributed by atoms with Gasteiger partial charge in [0.15, 0.2) is 17.1 Å². The Morgan fingerprint density at radius 2 is 1.81 bits per heavy atom. The molecule has 0 fully saturated rings. The monoisotopic (exact) mass is 363 g/mol. The number of hydrogen-bond acceptors (Lipinski definition) is 5. The van der Waals surface area contributed by atoms with Gasteiger partial charge in [-0.2, -0.15) is 0 Å². The van der Waals surface area contributed by atoms with Gasteiger partial charge in [-0.25, -0.2) is 4.98 Å². The van der Waals surface area contributed by atoms with Gasteiger partial charge in [0.05, 0.1) is 6.61 Å². The lowest BCUT2D eigenvalue weighted by molar-refractivity contribution is 0.337. The van der Waals surface area contributed by atoms with E-state index in [9.17, 15) is 4.79 Å². The van der Waals surface area contributed by atoms with Crippen molar-refractivity contribution in [2.24, 2.45) is 0 Å². The molecule has 0 N–H and O–H groups in total. The summed E-state index contributed by atoms with van der Waals surface area (Å²) in [6.07, 6.45) is 2.06. The fourth-order valence-corrected chi connectivity index (χ4v) is 3.28. The number of thioether (sulfide) groups is 1. The van der Waals surface area contributed by atoms with Crippen molar-refractivity contribution < 1.29 is 9.15 Å². The van der Waals surface area contributed by atoms with Crippen LogP contribution in [0.1, 0.15) is 6.92 Å². The summed E-state index contributed by atoms with van der Waals surface area (Å²) in [5.74, 6) is 0.758. The maximum atomic E-state index is 12.1. The molecule has 4 nitrogen and oxygen atoms in total. The Kier molecular flexibility index (Phi) is 4.39. The van der Waals surface area contributed by atoms with Crippen LogP contribution in [0.2, 0.25) is 0 Å². The Hall–Kier alpha value is -2.79. The number of benzene rings is 3. The molecule has 26 heavy (non-hydrogen) atoms. The van der Waals surface area contributed by atoms with Crippen molar-refractivity contribution in [1.82, 2.24) is 4.98 Å². The van der Waals surface area contributed by atoms with Gasteiger partial charge in [-0.15, -0.1) is 11.8 Å². The highest BCUT2D eigenvalue weighted by molar-refractivity contribution is 7.98. The zero-order chi connectivity index (χ0) is 18.1. The number of aromatic nitrogens is 1. The summed E-state index contributed by atoms with van der Waals surface area (Å²) in [5, 5.41) is 0. The van der Waals surface area contributed by atoms with E-state index in [1.165, 1.54) is 11.0 Å². The number of fused-ring (bicyclic) bond motifs is 2. The average Bonchev–Trinajstić information content (AvgIpc) is 2.67. The van der Waals surface area contributed by atoms with E-state index in [1.807, 2.05) is 25.1 Å². The molecule has 0 spiro atoms. The highest BCUT2D eigenvalue weighted by atomic mass is 32.2. The normalized spacial score (nSPS) is 11.2. The fourth-order valence-electron chi connectivity index (χ4n) is 2.87. The van der Waals surface area contributed by atoms with Crippen LogP contribution in [0.25, 0.3) is 33.7 Å². The highest BCUT2D eigenvalue weighted by Gasteiger charge is 2.14. The second-order valence-corrected chi connectivity index (χ2v) is 6.70. The molecule has 0 unspecified atom stereocenters. The van der Waals surface area contributed by atoms with Gasteiger partial charge in [0.25, 0.3) is 0 Å². The molecule has 130 valence electrons. The first-order valence-electron chi connectivity index (χ1n) is 8.34. The summed E-state index contributed by atoms with van der Waals surface area (Å²) in [6, 6.07) is 17.4. The molecule has 0 bridgehead atoms. The van der Waals surface area contributed by atoms with Crippen LogP contribution in [0.3, 0.4) is 0 Å². The van der Waals surface area contributed by atoms with Gasteiger partial charge in [-0.1, -0.05) is 18.2 Å². The lowest BCUT2D eigenvalue weighted by Crippen LogP contribution is -2.08.